The number of carbonyl (C=O) groups excluding carboxylic acids is 1. The lowest BCUT2D eigenvalue weighted by molar-refractivity contribution is -0.118. The number of methoxy groups -OCH3 is 1. The van der Waals surface area contributed by atoms with Crippen LogP contribution in [-0.2, 0) is 29.9 Å². The molecule has 2 aromatic carbocycles. The van der Waals surface area contributed by atoms with Crippen molar-refractivity contribution in [3.05, 3.63) is 78.1 Å². The Morgan fingerprint density at radius 3 is 2.59 bits per heavy atom. The molecule has 0 spiro atoms. The highest BCUT2D eigenvalue weighted by Gasteiger charge is 2.15. The summed E-state index contributed by atoms with van der Waals surface area (Å²) in [4.78, 5) is 12.4. The van der Waals surface area contributed by atoms with Crippen LogP contribution in [0.1, 0.15) is 37.7 Å². The predicted octanol–water partition coefficient (Wildman–Crippen LogP) is 4.76. The van der Waals surface area contributed by atoms with E-state index in [1.54, 1.807) is 13.2 Å². The van der Waals surface area contributed by atoms with Gasteiger partial charge in [-0.25, -0.2) is 0 Å². The van der Waals surface area contributed by atoms with Crippen LogP contribution in [0.4, 0.5) is 0 Å². The van der Waals surface area contributed by atoms with Crippen LogP contribution >= 0.6 is 11.8 Å². The van der Waals surface area contributed by atoms with Crippen molar-refractivity contribution in [2.75, 3.05) is 12.9 Å². The molecule has 1 aromatic heterocycles. The molecular weight excluding hydrogens is 448 g/mol. The molecule has 180 valence electrons. The second-order valence-electron chi connectivity index (χ2n) is 8.78. The third-order valence-electron chi connectivity index (χ3n) is 5.15. The molecule has 1 N–H and O–H groups in total. The van der Waals surface area contributed by atoms with Crippen molar-refractivity contribution >= 4 is 17.7 Å². The summed E-state index contributed by atoms with van der Waals surface area (Å²) >= 11 is 1.33. The Bertz CT molecular complexity index is 1100. The van der Waals surface area contributed by atoms with Gasteiger partial charge < -0.3 is 14.8 Å². The quantitative estimate of drug-likeness (QED) is 0.315. The molecule has 34 heavy (non-hydrogen) atoms. The van der Waals surface area contributed by atoms with E-state index in [1.807, 2.05) is 41.0 Å². The van der Waals surface area contributed by atoms with E-state index in [0.717, 1.165) is 17.1 Å². The molecule has 0 aliphatic carbocycles. The summed E-state index contributed by atoms with van der Waals surface area (Å²) in [6.45, 7) is 11.6. The third kappa shape index (κ3) is 7.12. The molecule has 3 rings (SSSR count). The molecule has 8 heteroatoms. The first-order chi connectivity index (χ1) is 16.3. The fraction of sp³-hybridized carbons (Fsp3) is 0.346. The van der Waals surface area contributed by atoms with Crippen molar-refractivity contribution in [1.29, 1.82) is 0 Å². The summed E-state index contributed by atoms with van der Waals surface area (Å²) in [5.41, 5.74) is 2.32. The number of allylic oxidation sites excluding steroid dienone is 1. The molecule has 0 aliphatic rings. The van der Waals surface area contributed by atoms with Crippen molar-refractivity contribution in [1.82, 2.24) is 20.1 Å². The van der Waals surface area contributed by atoms with Crippen LogP contribution in [0, 0.1) is 0 Å². The zero-order valence-electron chi connectivity index (χ0n) is 20.2. The first kappa shape index (κ1) is 25.4. The Morgan fingerprint density at radius 1 is 1.15 bits per heavy atom. The molecule has 0 saturated carbocycles. The van der Waals surface area contributed by atoms with Gasteiger partial charge in [0.15, 0.2) is 11.0 Å². The SMILES string of the molecule is C=CCn1c(COc2ccc(C(C)(C)C)cc2)nnc1SCC(=O)NCc1cccc(OC)c1. The van der Waals surface area contributed by atoms with Crippen molar-refractivity contribution < 1.29 is 14.3 Å². The van der Waals surface area contributed by atoms with Crippen LogP contribution < -0.4 is 14.8 Å². The maximum atomic E-state index is 12.4. The van der Waals surface area contributed by atoms with Gasteiger partial charge in [0.25, 0.3) is 0 Å². The van der Waals surface area contributed by atoms with Crippen LogP contribution in [0.2, 0.25) is 0 Å². The van der Waals surface area contributed by atoms with Crippen molar-refractivity contribution in [2.24, 2.45) is 0 Å². The van der Waals surface area contributed by atoms with Crippen LogP contribution in [-0.4, -0.2) is 33.5 Å². The van der Waals surface area contributed by atoms with Gasteiger partial charge in [-0.2, -0.15) is 0 Å². The Balaban J connectivity index is 1.55. The summed E-state index contributed by atoms with van der Waals surface area (Å²) in [6, 6.07) is 15.7. The Kier molecular flexibility index (Phi) is 8.76. The van der Waals surface area contributed by atoms with E-state index < -0.39 is 0 Å². The number of benzene rings is 2. The van der Waals surface area contributed by atoms with E-state index in [9.17, 15) is 4.79 Å². The highest BCUT2D eigenvalue weighted by atomic mass is 32.2. The minimum Gasteiger partial charge on any atom is -0.497 e. The molecular formula is C26H32N4O3S. The van der Waals surface area contributed by atoms with Crippen LogP contribution in [0.15, 0.2) is 66.3 Å². The van der Waals surface area contributed by atoms with Gasteiger partial charge in [0.1, 0.15) is 18.1 Å². The number of hydrogen-bond donors (Lipinski definition) is 1. The van der Waals surface area contributed by atoms with Gasteiger partial charge in [-0.15, -0.1) is 16.8 Å². The summed E-state index contributed by atoms with van der Waals surface area (Å²) in [5, 5.41) is 12.1. The van der Waals surface area contributed by atoms with E-state index in [0.29, 0.717) is 24.1 Å². The predicted molar refractivity (Wildman–Crippen MR) is 135 cm³/mol. The summed E-state index contributed by atoms with van der Waals surface area (Å²) < 4.78 is 13.1. The average molecular weight is 481 g/mol. The van der Waals surface area contributed by atoms with Gasteiger partial charge in [0.05, 0.1) is 12.9 Å². The summed E-state index contributed by atoms with van der Waals surface area (Å²) in [5.74, 6) is 2.36. The molecule has 0 radical (unpaired) electrons. The Morgan fingerprint density at radius 2 is 1.91 bits per heavy atom. The second kappa shape index (κ2) is 11.7. The van der Waals surface area contributed by atoms with E-state index >= 15 is 0 Å². The average Bonchev–Trinajstić information content (AvgIpc) is 3.21. The number of rotatable bonds is 11. The normalized spacial score (nSPS) is 11.2. The van der Waals surface area contributed by atoms with Crippen LogP contribution in [0.25, 0.3) is 0 Å². The van der Waals surface area contributed by atoms with E-state index in [4.69, 9.17) is 9.47 Å². The summed E-state index contributed by atoms with van der Waals surface area (Å²) in [6.07, 6.45) is 1.78. The maximum Gasteiger partial charge on any atom is 0.230 e. The standard InChI is InChI=1S/C26H32N4O3S/c1-6-14-30-23(17-33-21-12-10-20(11-13-21)26(2,3)4)28-29-25(30)34-18-24(31)27-16-19-8-7-9-22(15-19)32-5/h6-13,15H,1,14,16-18H2,2-5H3,(H,27,31). The van der Waals surface area contributed by atoms with Gasteiger partial charge in [-0.3, -0.25) is 9.36 Å². The Hall–Kier alpha value is -3.26. The Labute approximate surface area is 205 Å². The number of amides is 1. The number of nitrogens with zero attached hydrogens (tertiary/aromatic N) is 3. The molecule has 0 aliphatic heterocycles. The lowest BCUT2D eigenvalue weighted by Gasteiger charge is -2.19. The molecule has 0 atom stereocenters. The van der Waals surface area contributed by atoms with Gasteiger partial charge >= 0.3 is 0 Å². The first-order valence-corrected chi connectivity index (χ1v) is 12.1. The minimum absolute atomic E-state index is 0.0855. The lowest BCUT2D eigenvalue weighted by Crippen LogP contribution is -2.24. The molecule has 0 unspecified atom stereocenters. The van der Waals surface area contributed by atoms with Crippen molar-refractivity contribution in [3.63, 3.8) is 0 Å². The van der Waals surface area contributed by atoms with Crippen LogP contribution in [0.5, 0.6) is 11.5 Å². The highest BCUT2D eigenvalue weighted by Crippen LogP contribution is 2.25. The van der Waals surface area contributed by atoms with E-state index in [2.05, 4.69) is 55.0 Å². The molecule has 3 aromatic rings. The van der Waals surface area contributed by atoms with Gasteiger partial charge in [-0.1, -0.05) is 62.9 Å². The maximum absolute atomic E-state index is 12.4. The van der Waals surface area contributed by atoms with Crippen molar-refractivity contribution in [3.8, 4) is 11.5 Å². The number of ether oxygens (including phenoxy) is 2. The van der Waals surface area contributed by atoms with E-state index in [-0.39, 0.29) is 23.7 Å². The lowest BCUT2D eigenvalue weighted by atomic mass is 9.87. The highest BCUT2D eigenvalue weighted by molar-refractivity contribution is 7.99. The fourth-order valence-corrected chi connectivity index (χ4v) is 4.00. The molecule has 0 bridgehead atoms. The van der Waals surface area contributed by atoms with Gasteiger partial charge in [0, 0.05) is 13.1 Å². The largest absolute Gasteiger partial charge is 0.497 e. The monoisotopic (exact) mass is 480 g/mol. The number of hydrogen-bond acceptors (Lipinski definition) is 6. The summed E-state index contributed by atoms with van der Waals surface area (Å²) in [7, 11) is 1.62. The van der Waals surface area contributed by atoms with Gasteiger partial charge in [0.2, 0.25) is 5.91 Å². The molecule has 0 saturated heterocycles. The van der Waals surface area contributed by atoms with Crippen LogP contribution in [0.3, 0.4) is 0 Å². The minimum atomic E-state index is -0.0855. The number of nitrogens with one attached hydrogen (secondary N) is 1. The first-order valence-electron chi connectivity index (χ1n) is 11.1. The smallest absolute Gasteiger partial charge is 0.230 e. The second-order valence-corrected chi connectivity index (χ2v) is 9.72. The van der Waals surface area contributed by atoms with Gasteiger partial charge in [-0.05, 0) is 40.8 Å². The van der Waals surface area contributed by atoms with E-state index in [1.165, 1.54) is 17.3 Å². The fourth-order valence-electron chi connectivity index (χ4n) is 3.21. The number of carbonyl (C=O) groups is 1. The molecule has 7 nitrogen and oxygen atoms in total. The topological polar surface area (TPSA) is 78.3 Å². The molecule has 1 heterocycles. The third-order valence-corrected chi connectivity index (χ3v) is 6.12. The van der Waals surface area contributed by atoms with Crippen molar-refractivity contribution in [2.45, 2.75) is 51.0 Å². The zero-order chi connectivity index (χ0) is 24.6. The zero-order valence-corrected chi connectivity index (χ0v) is 21.0. The molecule has 0 fully saturated rings. The molecule has 1 amide bonds. The number of thioether (sulfide) groups is 1. The number of aromatic nitrogens is 3.